The first-order valence-corrected chi connectivity index (χ1v) is 8.10. The third kappa shape index (κ3) is 3.35. The van der Waals surface area contributed by atoms with Crippen molar-refractivity contribution >= 4 is 32.7 Å². The van der Waals surface area contributed by atoms with Crippen LogP contribution in [0.25, 0.3) is 0 Å². The first-order valence-electron chi connectivity index (χ1n) is 5.74. The Morgan fingerprint density at radius 1 is 1.48 bits per heavy atom. The monoisotopic (exact) mass is 328 g/mol. The fraction of sp³-hybridized carbons (Fsp3) is 0.182. The predicted octanol–water partition coefficient (Wildman–Crippen LogP) is 1.42. The van der Waals surface area contributed by atoms with Gasteiger partial charge >= 0.3 is 0 Å². The zero-order valence-electron chi connectivity index (χ0n) is 10.9. The Bertz CT molecular complexity index is 785. The molecule has 0 radical (unpaired) electrons. The molecule has 112 valence electrons. The van der Waals surface area contributed by atoms with Gasteiger partial charge in [-0.05, 0) is 19.1 Å². The van der Waals surface area contributed by atoms with Crippen LogP contribution in [-0.4, -0.2) is 18.3 Å². The summed E-state index contributed by atoms with van der Waals surface area (Å²) in [6.07, 6.45) is 0. The average molecular weight is 328 g/mol. The zero-order valence-corrected chi connectivity index (χ0v) is 12.6. The second-order valence-electron chi connectivity index (χ2n) is 4.17. The van der Waals surface area contributed by atoms with Gasteiger partial charge in [0.15, 0.2) is 4.90 Å². The number of rotatable bonds is 5. The minimum atomic E-state index is -4.01. The van der Waals surface area contributed by atoms with Gasteiger partial charge in [0.05, 0.1) is 16.1 Å². The number of hydrogen-bond acceptors (Lipinski definition) is 7. The Hall–Kier alpha value is -2.04. The van der Waals surface area contributed by atoms with Crippen LogP contribution in [-0.2, 0) is 16.6 Å². The Morgan fingerprint density at radius 2 is 2.19 bits per heavy atom. The SMILES string of the molecule is Cc1ncsc1CNS(=O)(=O)c1ccc(N)cc1[N+](=O)[O-]. The van der Waals surface area contributed by atoms with Gasteiger partial charge in [-0.1, -0.05) is 0 Å². The van der Waals surface area contributed by atoms with E-state index in [0.29, 0.717) is 0 Å². The number of nitrogens with one attached hydrogen (secondary N) is 1. The molecule has 0 spiro atoms. The van der Waals surface area contributed by atoms with E-state index in [0.717, 1.165) is 22.7 Å². The van der Waals surface area contributed by atoms with Crippen molar-refractivity contribution in [2.75, 3.05) is 5.73 Å². The molecule has 0 aliphatic rings. The lowest BCUT2D eigenvalue weighted by molar-refractivity contribution is -0.387. The number of sulfonamides is 1. The normalized spacial score (nSPS) is 11.5. The molecule has 1 aromatic carbocycles. The number of nitro benzene ring substituents is 1. The molecule has 0 fully saturated rings. The lowest BCUT2D eigenvalue weighted by Gasteiger charge is -2.07. The third-order valence-electron chi connectivity index (χ3n) is 2.74. The molecule has 10 heteroatoms. The van der Waals surface area contributed by atoms with Gasteiger partial charge in [0.1, 0.15) is 0 Å². The van der Waals surface area contributed by atoms with Crippen LogP contribution in [0.2, 0.25) is 0 Å². The van der Waals surface area contributed by atoms with Crippen LogP contribution < -0.4 is 10.5 Å². The molecular formula is C11H12N4O4S2. The largest absolute Gasteiger partial charge is 0.399 e. The molecule has 3 N–H and O–H groups in total. The lowest BCUT2D eigenvalue weighted by Crippen LogP contribution is -2.24. The van der Waals surface area contributed by atoms with Gasteiger partial charge in [-0.3, -0.25) is 10.1 Å². The van der Waals surface area contributed by atoms with E-state index >= 15 is 0 Å². The highest BCUT2D eigenvalue weighted by atomic mass is 32.2. The fourth-order valence-corrected chi connectivity index (χ4v) is 3.59. The van der Waals surface area contributed by atoms with Gasteiger partial charge in [-0.15, -0.1) is 11.3 Å². The van der Waals surface area contributed by atoms with Crippen molar-refractivity contribution in [1.82, 2.24) is 9.71 Å². The summed E-state index contributed by atoms with van der Waals surface area (Å²) in [5.74, 6) is 0. The van der Waals surface area contributed by atoms with E-state index in [1.54, 1.807) is 12.4 Å². The second-order valence-corrected chi connectivity index (χ2v) is 6.84. The predicted molar refractivity (Wildman–Crippen MR) is 78.4 cm³/mol. The van der Waals surface area contributed by atoms with E-state index in [9.17, 15) is 18.5 Å². The molecule has 0 atom stereocenters. The molecule has 0 saturated heterocycles. The summed E-state index contributed by atoms with van der Waals surface area (Å²) >= 11 is 1.31. The van der Waals surface area contributed by atoms with Crippen LogP contribution in [0.4, 0.5) is 11.4 Å². The topological polar surface area (TPSA) is 128 Å². The summed E-state index contributed by atoms with van der Waals surface area (Å²) in [6.45, 7) is 1.78. The highest BCUT2D eigenvalue weighted by Crippen LogP contribution is 2.26. The Balaban J connectivity index is 2.32. The van der Waals surface area contributed by atoms with Gasteiger partial charge in [-0.2, -0.15) is 0 Å². The molecule has 0 amide bonds. The van der Waals surface area contributed by atoms with Crippen LogP contribution in [0.3, 0.4) is 0 Å². The average Bonchev–Trinajstić information content (AvgIpc) is 2.81. The number of anilines is 1. The molecule has 0 unspecified atom stereocenters. The van der Waals surface area contributed by atoms with E-state index in [1.165, 1.54) is 17.4 Å². The standard InChI is InChI=1S/C11H12N4O4S2/c1-7-10(20-6-13-7)5-14-21(18,19)11-3-2-8(12)4-9(11)15(16)17/h2-4,6,14H,5,12H2,1H3. The van der Waals surface area contributed by atoms with Crippen LogP contribution >= 0.6 is 11.3 Å². The van der Waals surface area contributed by atoms with Crippen LogP contribution in [0.5, 0.6) is 0 Å². The van der Waals surface area contributed by atoms with Crippen LogP contribution in [0.15, 0.2) is 28.6 Å². The summed E-state index contributed by atoms with van der Waals surface area (Å²) in [7, 11) is -4.01. The molecule has 0 saturated carbocycles. The number of thiazole rings is 1. The van der Waals surface area contributed by atoms with E-state index in [-0.39, 0.29) is 12.2 Å². The maximum absolute atomic E-state index is 12.2. The second kappa shape index (κ2) is 5.76. The highest BCUT2D eigenvalue weighted by Gasteiger charge is 2.26. The maximum Gasteiger partial charge on any atom is 0.291 e. The number of hydrogen-bond donors (Lipinski definition) is 2. The van der Waals surface area contributed by atoms with Crippen molar-refractivity contribution in [3.63, 3.8) is 0 Å². The van der Waals surface area contributed by atoms with Crippen molar-refractivity contribution in [2.24, 2.45) is 0 Å². The minimum absolute atomic E-state index is 0.0281. The van der Waals surface area contributed by atoms with Gasteiger partial charge < -0.3 is 5.73 Å². The number of aromatic nitrogens is 1. The van der Waals surface area contributed by atoms with Crippen LogP contribution in [0.1, 0.15) is 10.6 Å². The van der Waals surface area contributed by atoms with E-state index in [1.807, 2.05) is 0 Å². The van der Waals surface area contributed by atoms with Crippen LogP contribution in [0, 0.1) is 17.0 Å². The van der Waals surface area contributed by atoms with E-state index in [4.69, 9.17) is 5.73 Å². The van der Waals surface area contributed by atoms with Crippen molar-refractivity contribution < 1.29 is 13.3 Å². The summed E-state index contributed by atoms with van der Waals surface area (Å²) in [6, 6.07) is 3.45. The molecule has 0 aliphatic heterocycles. The molecule has 0 aliphatic carbocycles. The van der Waals surface area contributed by atoms with Gasteiger partial charge in [0.2, 0.25) is 10.0 Å². The summed E-state index contributed by atoms with van der Waals surface area (Å²) < 4.78 is 26.7. The number of nitrogens with two attached hydrogens (primary N) is 1. The first kappa shape index (κ1) is 15.4. The number of aryl methyl sites for hydroxylation is 1. The zero-order chi connectivity index (χ0) is 15.6. The van der Waals surface area contributed by atoms with Crippen molar-refractivity contribution in [2.45, 2.75) is 18.4 Å². The molecule has 21 heavy (non-hydrogen) atoms. The maximum atomic E-state index is 12.2. The van der Waals surface area contributed by atoms with Gasteiger partial charge in [0, 0.05) is 23.2 Å². The fourth-order valence-electron chi connectivity index (χ4n) is 1.64. The first-order chi connectivity index (χ1) is 9.81. The van der Waals surface area contributed by atoms with E-state index < -0.39 is 25.5 Å². The minimum Gasteiger partial charge on any atom is -0.399 e. The van der Waals surface area contributed by atoms with Gasteiger partial charge in [-0.25, -0.2) is 18.1 Å². The smallest absolute Gasteiger partial charge is 0.291 e. The molecule has 2 aromatic rings. The summed E-state index contributed by atoms with van der Waals surface area (Å²) in [4.78, 5) is 14.5. The molecule has 1 heterocycles. The Labute approximate surface area is 124 Å². The number of nitrogens with zero attached hydrogens (tertiary/aromatic N) is 2. The highest BCUT2D eigenvalue weighted by molar-refractivity contribution is 7.89. The Morgan fingerprint density at radius 3 is 2.76 bits per heavy atom. The Kier molecular flexibility index (Phi) is 4.21. The lowest BCUT2D eigenvalue weighted by atomic mass is 10.3. The quantitative estimate of drug-likeness (QED) is 0.485. The molecule has 1 aromatic heterocycles. The molecule has 8 nitrogen and oxygen atoms in total. The third-order valence-corrected chi connectivity index (χ3v) is 5.12. The number of nitrogen functional groups attached to an aromatic ring is 1. The van der Waals surface area contributed by atoms with Crippen molar-refractivity contribution in [3.05, 3.63) is 44.4 Å². The van der Waals surface area contributed by atoms with Gasteiger partial charge in [0.25, 0.3) is 5.69 Å². The molecule has 0 bridgehead atoms. The van der Waals surface area contributed by atoms with E-state index in [2.05, 4.69) is 9.71 Å². The molecule has 2 rings (SSSR count). The van der Waals surface area contributed by atoms with Crippen molar-refractivity contribution in [3.8, 4) is 0 Å². The number of nitro groups is 1. The number of benzene rings is 1. The summed E-state index contributed by atoms with van der Waals surface area (Å²) in [5, 5.41) is 11.0. The summed E-state index contributed by atoms with van der Waals surface area (Å²) in [5.41, 5.74) is 7.34. The van der Waals surface area contributed by atoms with Crippen molar-refractivity contribution in [1.29, 1.82) is 0 Å². The molecular weight excluding hydrogens is 316 g/mol.